The number of ether oxygens (including phenoxy) is 1. The first kappa shape index (κ1) is 14.1. The maximum Gasteiger partial charge on any atom is 0.220 e. The summed E-state index contributed by atoms with van der Waals surface area (Å²) in [5, 5.41) is 3.10. The van der Waals surface area contributed by atoms with Crippen LogP contribution in [0.1, 0.15) is 38.2 Å². The number of amides is 1. The standard InChI is InChI=1S/C16H23NO2/c1-2-6-15(18)17-13-16(9-11-19-12-10-16)14-7-4-3-5-8-14/h3-5,7-8H,2,6,9-13H2,1H3,(H,17,18). The molecule has 1 aliphatic heterocycles. The summed E-state index contributed by atoms with van der Waals surface area (Å²) in [4.78, 5) is 11.7. The minimum atomic E-state index is 0.0446. The van der Waals surface area contributed by atoms with E-state index in [1.807, 2.05) is 13.0 Å². The van der Waals surface area contributed by atoms with Crippen LogP contribution in [0, 0.1) is 0 Å². The summed E-state index contributed by atoms with van der Waals surface area (Å²) in [5.41, 5.74) is 1.36. The largest absolute Gasteiger partial charge is 0.381 e. The summed E-state index contributed by atoms with van der Waals surface area (Å²) in [6.45, 7) is 4.30. The molecule has 104 valence electrons. The molecule has 1 N–H and O–H groups in total. The monoisotopic (exact) mass is 261 g/mol. The van der Waals surface area contributed by atoms with Gasteiger partial charge >= 0.3 is 0 Å². The first-order valence-electron chi connectivity index (χ1n) is 7.17. The van der Waals surface area contributed by atoms with E-state index in [0.717, 1.165) is 39.0 Å². The second kappa shape index (κ2) is 6.71. The van der Waals surface area contributed by atoms with Gasteiger partial charge in [0.15, 0.2) is 0 Å². The highest BCUT2D eigenvalue weighted by Crippen LogP contribution is 2.34. The molecule has 3 heteroatoms. The zero-order valence-corrected chi connectivity index (χ0v) is 11.7. The molecule has 2 rings (SSSR count). The number of nitrogens with one attached hydrogen (secondary N) is 1. The number of hydrogen-bond acceptors (Lipinski definition) is 2. The Morgan fingerprint density at radius 3 is 2.58 bits per heavy atom. The summed E-state index contributed by atoms with van der Waals surface area (Å²) in [6.07, 6.45) is 3.46. The lowest BCUT2D eigenvalue weighted by Crippen LogP contribution is -2.44. The van der Waals surface area contributed by atoms with Crippen LogP contribution >= 0.6 is 0 Å². The predicted octanol–water partition coefficient (Wildman–Crippen LogP) is 2.65. The normalized spacial score (nSPS) is 17.9. The molecule has 0 unspecified atom stereocenters. The summed E-state index contributed by atoms with van der Waals surface area (Å²) < 4.78 is 5.49. The van der Waals surface area contributed by atoms with Crippen LogP contribution < -0.4 is 5.32 Å². The van der Waals surface area contributed by atoms with Crippen LogP contribution in [0.25, 0.3) is 0 Å². The van der Waals surface area contributed by atoms with Gasteiger partial charge in [0, 0.05) is 31.6 Å². The van der Waals surface area contributed by atoms with Crippen molar-refractivity contribution in [3.05, 3.63) is 35.9 Å². The van der Waals surface area contributed by atoms with Crippen molar-refractivity contribution in [3.63, 3.8) is 0 Å². The van der Waals surface area contributed by atoms with E-state index in [9.17, 15) is 4.79 Å². The number of benzene rings is 1. The van der Waals surface area contributed by atoms with Crippen LogP contribution in [0.4, 0.5) is 0 Å². The minimum Gasteiger partial charge on any atom is -0.381 e. The molecule has 1 fully saturated rings. The molecule has 1 aromatic carbocycles. The van der Waals surface area contributed by atoms with Crippen LogP contribution in [0.3, 0.4) is 0 Å². The Labute approximate surface area is 115 Å². The molecule has 0 aliphatic carbocycles. The Morgan fingerprint density at radius 1 is 1.26 bits per heavy atom. The SMILES string of the molecule is CCCC(=O)NCC1(c2ccccc2)CCOCC1. The lowest BCUT2D eigenvalue weighted by atomic mass is 9.74. The molecule has 19 heavy (non-hydrogen) atoms. The van der Waals surface area contributed by atoms with Gasteiger partial charge in [0.1, 0.15) is 0 Å². The fourth-order valence-corrected chi connectivity index (χ4v) is 2.70. The van der Waals surface area contributed by atoms with Gasteiger partial charge < -0.3 is 10.1 Å². The fourth-order valence-electron chi connectivity index (χ4n) is 2.70. The summed E-state index contributed by atoms with van der Waals surface area (Å²) in [5.74, 6) is 0.157. The number of hydrogen-bond donors (Lipinski definition) is 1. The van der Waals surface area contributed by atoms with E-state index in [1.165, 1.54) is 5.56 Å². The predicted molar refractivity (Wildman–Crippen MR) is 76.1 cm³/mol. The Morgan fingerprint density at radius 2 is 1.95 bits per heavy atom. The third-order valence-electron chi connectivity index (χ3n) is 3.94. The van der Waals surface area contributed by atoms with Gasteiger partial charge in [-0.2, -0.15) is 0 Å². The molecule has 0 bridgehead atoms. The smallest absolute Gasteiger partial charge is 0.220 e. The van der Waals surface area contributed by atoms with Crippen molar-refractivity contribution >= 4 is 5.91 Å². The highest BCUT2D eigenvalue weighted by atomic mass is 16.5. The maximum absolute atomic E-state index is 11.7. The Balaban J connectivity index is 2.09. The van der Waals surface area contributed by atoms with E-state index in [2.05, 4.69) is 29.6 Å². The highest BCUT2D eigenvalue weighted by Gasteiger charge is 2.34. The highest BCUT2D eigenvalue weighted by molar-refractivity contribution is 5.75. The second-order valence-electron chi connectivity index (χ2n) is 5.29. The van der Waals surface area contributed by atoms with E-state index in [0.29, 0.717) is 6.42 Å². The summed E-state index contributed by atoms with van der Waals surface area (Å²) in [6, 6.07) is 10.5. The van der Waals surface area contributed by atoms with E-state index in [4.69, 9.17) is 4.74 Å². The van der Waals surface area contributed by atoms with Crippen molar-refractivity contribution in [1.29, 1.82) is 0 Å². The van der Waals surface area contributed by atoms with Crippen LogP contribution in [-0.2, 0) is 14.9 Å². The molecule has 1 aromatic rings. The van der Waals surface area contributed by atoms with E-state index in [1.54, 1.807) is 0 Å². The van der Waals surface area contributed by atoms with Gasteiger partial charge in [-0.1, -0.05) is 37.3 Å². The Kier molecular flexibility index (Phi) is 4.97. The first-order chi connectivity index (χ1) is 9.27. The quantitative estimate of drug-likeness (QED) is 0.885. The van der Waals surface area contributed by atoms with Crippen molar-refractivity contribution in [2.45, 2.75) is 38.0 Å². The average molecular weight is 261 g/mol. The van der Waals surface area contributed by atoms with Crippen LogP contribution in [-0.4, -0.2) is 25.7 Å². The van der Waals surface area contributed by atoms with Crippen molar-refractivity contribution in [1.82, 2.24) is 5.32 Å². The van der Waals surface area contributed by atoms with Gasteiger partial charge in [0.2, 0.25) is 5.91 Å². The van der Waals surface area contributed by atoms with Gasteiger partial charge in [-0.3, -0.25) is 4.79 Å². The molecule has 1 saturated heterocycles. The molecule has 0 atom stereocenters. The molecule has 0 radical (unpaired) electrons. The zero-order chi connectivity index (χ0) is 13.6. The second-order valence-corrected chi connectivity index (χ2v) is 5.29. The molecule has 0 saturated carbocycles. The number of carbonyl (C=O) groups is 1. The molecule has 3 nitrogen and oxygen atoms in total. The zero-order valence-electron chi connectivity index (χ0n) is 11.7. The van der Waals surface area contributed by atoms with Crippen LogP contribution in [0.15, 0.2) is 30.3 Å². The molecular formula is C16H23NO2. The van der Waals surface area contributed by atoms with Gasteiger partial charge in [-0.25, -0.2) is 0 Å². The lowest BCUT2D eigenvalue weighted by molar-refractivity contribution is -0.121. The molecule has 1 heterocycles. The molecular weight excluding hydrogens is 238 g/mol. The van der Waals surface area contributed by atoms with Crippen LogP contribution in [0.5, 0.6) is 0 Å². The van der Waals surface area contributed by atoms with Gasteiger partial charge in [0.05, 0.1) is 0 Å². The topological polar surface area (TPSA) is 38.3 Å². The molecule has 0 aromatic heterocycles. The van der Waals surface area contributed by atoms with E-state index in [-0.39, 0.29) is 11.3 Å². The number of carbonyl (C=O) groups excluding carboxylic acids is 1. The third kappa shape index (κ3) is 3.57. The molecule has 1 amide bonds. The lowest BCUT2D eigenvalue weighted by Gasteiger charge is -2.38. The third-order valence-corrected chi connectivity index (χ3v) is 3.94. The van der Waals surface area contributed by atoms with Crippen molar-refractivity contribution in [2.24, 2.45) is 0 Å². The van der Waals surface area contributed by atoms with Gasteiger partial charge in [-0.15, -0.1) is 0 Å². The average Bonchev–Trinajstić information content (AvgIpc) is 2.47. The van der Waals surface area contributed by atoms with Crippen molar-refractivity contribution in [3.8, 4) is 0 Å². The maximum atomic E-state index is 11.7. The van der Waals surface area contributed by atoms with E-state index >= 15 is 0 Å². The number of rotatable bonds is 5. The molecule has 1 aliphatic rings. The Bertz CT molecular complexity index is 396. The first-order valence-corrected chi connectivity index (χ1v) is 7.17. The van der Waals surface area contributed by atoms with Gasteiger partial charge in [0.25, 0.3) is 0 Å². The fraction of sp³-hybridized carbons (Fsp3) is 0.562. The molecule has 0 spiro atoms. The van der Waals surface area contributed by atoms with E-state index < -0.39 is 0 Å². The minimum absolute atomic E-state index is 0.0446. The summed E-state index contributed by atoms with van der Waals surface area (Å²) in [7, 11) is 0. The van der Waals surface area contributed by atoms with Crippen LogP contribution in [0.2, 0.25) is 0 Å². The Hall–Kier alpha value is -1.35. The van der Waals surface area contributed by atoms with Gasteiger partial charge in [-0.05, 0) is 24.8 Å². The van der Waals surface area contributed by atoms with Crippen molar-refractivity contribution < 1.29 is 9.53 Å². The summed E-state index contributed by atoms with van der Waals surface area (Å²) >= 11 is 0. The van der Waals surface area contributed by atoms with Crippen molar-refractivity contribution in [2.75, 3.05) is 19.8 Å².